The number of amides is 2. The first kappa shape index (κ1) is 41.5. The summed E-state index contributed by atoms with van der Waals surface area (Å²) in [6, 6.07) is 4.12. The summed E-state index contributed by atoms with van der Waals surface area (Å²) in [4.78, 5) is 77.8. The minimum atomic E-state index is -3.97. The van der Waals surface area contributed by atoms with Crippen molar-refractivity contribution in [1.82, 2.24) is 19.2 Å². The smallest absolute Gasteiger partial charge is 0.306 e. The lowest BCUT2D eigenvalue weighted by atomic mass is 9.86. The molecule has 3 heterocycles. The third-order valence-corrected chi connectivity index (χ3v) is 16.7. The average molecular weight is 835 g/mol. The van der Waals surface area contributed by atoms with Gasteiger partial charge in [0.2, 0.25) is 21.8 Å². The van der Waals surface area contributed by atoms with Crippen LogP contribution in [0.15, 0.2) is 35.6 Å². The van der Waals surface area contributed by atoms with Gasteiger partial charge in [0.15, 0.2) is 5.78 Å². The van der Waals surface area contributed by atoms with Crippen LogP contribution in [-0.2, 0) is 40.5 Å². The first-order chi connectivity index (χ1) is 28.3. The molecule has 1 aromatic carbocycles. The fourth-order valence-corrected chi connectivity index (χ4v) is 11.7. The van der Waals surface area contributed by atoms with Gasteiger partial charge in [-0.3, -0.25) is 33.3 Å². The summed E-state index contributed by atoms with van der Waals surface area (Å²) in [5, 5.41) is 0.411. The number of fused-ring (bicyclic) bond motifs is 5. The number of Topliss-reactive ketones (excluding diaryl/α,β-unsaturated/α-hetero) is 1. The lowest BCUT2D eigenvalue weighted by Crippen LogP contribution is -2.48. The highest BCUT2D eigenvalue weighted by atomic mass is 32.2. The second kappa shape index (κ2) is 16.3. The van der Waals surface area contributed by atoms with Gasteiger partial charge in [0.05, 0.1) is 53.1 Å². The van der Waals surface area contributed by atoms with Crippen molar-refractivity contribution >= 4 is 44.5 Å². The number of allylic oxidation sites excluding steroid dienone is 1. The molecule has 1 saturated heterocycles. The predicted octanol–water partition coefficient (Wildman–Crippen LogP) is 5.39. The van der Waals surface area contributed by atoms with Crippen LogP contribution in [0.5, 0.6) is 11.8 Å². The standard InChI is InChI=1S/C44H58N4O10S/c1-4-29-24-44(29,41(53)46-59(54,55)43(2)18-19-43)25-36(49)35-22-31-26-48(35)40(52)33(27-11-7-8-12-27)23-38(50)58-37-15-10-14-28(37)13-6-5-9-20-47-39(51)32-17-16-30(56-3)21-34(32)45-42(47)57-31/h4,16-17,21,27-29,31,33,35,37H,1,5-15,18-20,22-26H2,2-3H3,(H,46,53)/t28-,29-,31-,33+,35+,37-,44-/m1/s1. The van der Waals surface area contributed by atoms with Crippen LogP contribution in [0.1, 0.15) is 116 Å². The zero-order valence-corrected chi connectivity index (χ0v) is 35.1. The molecule has 2 aliphatic heterocycles. The Morgan fingerprint density at radius 2 is 1.73 bits per heavy atom. The lowest BCUT2D eigenvalue weighted by Gasteiger charge is -2.31. The highest BCUT2D eigenvalue weighted by Gasteiger charge is 2.62. The van der Waals surface area contributed by atoms with Crippen LogP contribution in [0.2, 0.25) is 0 Å². The van der Waals surface area contributed by atoms with Gasteiger partial charge in [-0.05, 0) is 101 Å². The van der Waals surface area contributed by atoms with Crippen molar-refractivity contribution in [2.45, 2.75) is 146 Å². The van der Waals surface area contributed by atoms with Crippen LogP contribution < -0.4 is 19.8 Å². The van der Waals surface area contributed by atoms with E-state index in [0.29, 0.717) is 42.5 Å². The highest BCUT2D eigenvalue weighted by molar-refractivity contribution is 7.91. The summed E-state index contributed by atoms with van der Waals surface area (Å²) in [6.45, 7) is 5.79. The Morgan fingerprint density at radius 1 is 1.00 bits per heavy atom. The summed E-state index contributed by atoms with van der Waals surface area (Å²) < 4.78 is 47.3. The van der Waals surface area contributed by atoms with Crippen LogP contribution in [0.3, 0.4) is 0 Å². The normalized spacial score (nSPS) is 31.3. The molecule has 2 aromatic rings. The number of ether oxygens (including phenoxy) is 3. The largest absolute Gasteiger partial charge is 0.497 e. The van der Waals surface area contributed by atoms with E-state index in [2.05, 4.69) is 11.3 Å². The molecule has 7 atom stereocenters. The van der Waals surface area contributed by atoms with E-state index in [1.807, 2.05) is 0 Å². The van der Waals surface area contributed by atoms with Gasteiger partial charge >= 0.3 is 5.97 Å². The molecule has 8 rings (SSSR count). The molecule has 1 N–H and O–H groups in total. The van der Waals surface area contributed by atoms with E-state index in [1.54, 1.807) is 35.8 Å². The number of hydrogen-bond acceptors (Lipinski definition) is 11. The first-order valence-electron chi connectivity index (χ1n) is 21.7. The molecule has 2 bridgehead atoms. The number of methoxy groups -OCH3 is 1. The Morgan fingerprint density at radius 3 is 2.44 bits per heavy atom. The van der Waals surface area contributed by atoms with Gasteiger partial charge in [0, 0.05) is 25.5 Å². The van der Waals surface area contributed by atoms with Gasteiger partial charge in [-0.2, -0.15) is 4.98 Å². The molecular formula is C44H58N4O10S. The number of ketones is 1. The molecule has 320 valence electrons. The molecular weight excluding hydrogens is 777 g/mol. The lowest BCUT2D eigenvalue weighted by molar-refractivity contribution is -0.156. The molecule has 0 radical (unpaired) electrons. The van der Waals surface area contributed by atoms with Gasteiger partial charge in [-0.1, -0.05) is 31.8 Å². The van der Waals surface area contributed by atoms with Crippen molar-refractivity contribution in [3.63, 3.8) is 0 Å². The Hall–Kier alpha value is -4.27. The maximum atomic E-state index is 15.0. The van der Waals surface area contributed by atoms with Gasteiger partial charge in [-0.15, -0.1) is 6.58 Å². The molecule has 5 fully saturated rings. The zero-order chi connectivity index (χ0) is 41.7. The summed E-state index contributed by atoms with van der Waals surface area (Å²) in [5.74, 6) is -2.33. The van der Waals surface area contributed by atoms with E-state index >= 15 is 4.79 Å². The molecule has 0 unspecified atom stereocenters. The van der Waals surface area contributed by atoms with E-state index in [1.165, 1.54) is 12.0 Å². The van der Waals surface area contributed by atoms with Crippen LogP contribution in [0.4, 0.5) is 0 Å². The van der Waals surface area contributed by atoms with Crippen LogP contribution in [-0.4, -0.2) is 83.1 Å². The molecule has 1 aromatic heterocycles. The summed E-state index contributed by atoms with van der Waals surface area (Å²) >= 11 is 0. The van der Waals surface area contributed by atoms with Gasteiger partial charge in [-0.25, -0.2) is 8.42 Å². The van der Waals surface area contributed by atoms with Gasteiger partial charge < -0.3 is 19.1 Å². The highest BCUT2D eigenvalue weighted by Crippen LogP contribution is 2.57. The molecule has 59 heavy (non-hydrogen) atoms. The van der Waals surface area contributed by atoms with Crippen molar-refractivity contribution < 1.29 is 41.8 Å². The zero-order valence-electron chi connectivity index (χ0n) is 34.3. The van der Waals surface area contributed by atoms with E-state index < -0.39 is 61.8 Å². The van der Waals surface area contributed by atoms with Crippen molar-refractivity contribution in [3.05, 3.63) is 41.2 Å². The number of esters is 1. The SMILES string of the molecule is C=C[C@@H]1C[C@]1(CC(=O)[C@@H]1C[C@@H]2CN1C(=O)[C@H](C1CCCC1)CC(=O)O[C@@H]1CCC[C@H]1CCCCCn1c(nc3cc(OC)ccc3c1=O)O2)C(=O)NS(=O)(=O)C1(C)CC1. The van der Waals surface area contributed by atoms with Crippen LogP contribution >= 0.6 is 0 Å². The quantitative estimate of drug-likeness (QED) is 0.253. The van der Waals surface area contributed by atoms with E-state index in [0.717, 1.165) is 64.2 Å². The van der Waals surface area contributed by atoms with Gasteiger partial charge in [0.1, 0.15) is 18.0 Å². The Kier molecular flexibility index (Phi) is 11.5. The number of carbonyl (C=O) groups excluding carboxylic acids is 4. The number of carbonyl (C=O) groups is 4. The van der Waals surface area contributed by atoms with Gasteiger partial charge in [0.25, 0.3) is 11.6 Å². The molecule has 0 spiro atoms. The Labute approximate surface area is 345 Å². The maximum Gasteiger partial charge on any atom is 0.306 e. The number of nitrogens with one attached hydrogen (secondary N) is 1. The third-order valence-electron chi connectivity index (χ3n) is 14.5. The van der Waals surface area contributed by atoms with E-state index in [9.17, 15) is 27.6 Å². The number of nitrogens with zero attached hydrogens (tertiary/aromatic N) is 3. The molecule has 4 aliphatic carbocycles. The Bertz CT molecular complexity index is 2180. The predicted molar refractivity (Wildman–Crippen MR) is 218 cm³/mol. The van der Waals surface area contributed by atoms with Crippen molar-refractivity contribution in [3.8, 4) is 11.8 Å². The van der Waals surface area contributed by atoms with Crippen molar-refractivity contribution in [2.24, 2.45) is 29.1 Å². The molecule has 2 amide bonds. The minimum absolute atomic E-state index is 0.0129. The fourth-order valence-electron chi connectivity index (χ4n) is 10.3. The van der Waals surface area contributed by atoms with Crippen molar-refractivity contribution in [1.29, 1.82) is 0 Å². The minimum Gasteiger partial charge on any atom is -0.497 e. The Balaban J connectivity index is 1.14. The van der Waals surface area contributed by atoms with E-state index in [4.69, 9.17) is 19.2 Å². The molecule has 6 aliphatic rings. The fraction of sp³-hybridized carbons (Fsp3) is 0.682. The monoisotopic (exact) mass is 834 g/mol. The summed E-state index contributed by atoms with van der Waals surface area (Å²) in [5.41, 5.74) is -1.21. The van der Waals surface area contributed by atoms with Crippen LogP contribution in [0, 0.1) is 29.1 Å². The maximum absolute atomic E-state index is 15.0. The van der Waals surface area contributed by atoms with E-state index in [-0.39, 0.29) is 67.6 Å². The van der Waals surface area contributed by atoms with Crippen molar-refractivity contribution in [2.75, 3.05) is 13.7 Å². The average Bonchev–Trinajstić information content (AvgIpc) is 3.83. The number of sulfonamides is 1. The second-order valence-electron chi connectivity index (χ2n) is 18.4. The summed E-state index contributed by atoms with van der Waals surface area (Å²) in [6.07, 6.45) is 10.8. The number of benzene rings is 1. The number of hydrogen-bond donors (Lipinski definition) is 1. The molecule has 15 heteroatoms. The number of aromatic nitrogens is 2. The summed E-state index contributed by atoms with van der Waals surface area (Å²) in [7, 11) is -2.44. The van der Waals surface area contributed by atoms with Crippen LogP contribution in [0.25, 0.3) is 10.9 Å². The molecule has 4 saturated carbocycles. The molecule has 14 nitrogen and oxygen atoms in total. The second-order valence-corrected chi connectivity index (χ2v) is 20.6. The topological polar surface area (TPSA) is 180 Å². The third kappa shape index (κ3) is 8.16. The number of rotatable bonds is 9. The first-order valence-corrected chi connectivity index (χ1v) is 23.2.